The van der Waals surface area contributed by atoms with Gasteiger partial charge in [-0.1, -0.05) is 32.0 Å². The van der Waals surface area contributed by atoms with Crippen molar-refractivity contribution in [2.75, 3.05) is 38.6 Å². The fourth-order valence-electron chi connectivity index (χ4n) is 4.70. The minimum Gasteiger partial charge on any atom is -0.481 e. The van der Waals surface area contributed by atoms with Gasteiger partial charge in [0.05, 0.1) is 23.9 Å². The minimum absolute atomic E-state index is 0.111. The number of carbonyl (C=O) groups excluding carboxylic acids is 2. The highest BCUT2D eigenvalue weighted by molar-refractivity contribution is 6.36. The third kappa shape index (κ3) is 4.77. The maximum Gasteiger partial charge on any atom is 0.256 e. The number of para-hydroxylation sites is 1. The molecule has 1 aliphatic rings. The van der Waals surface area contributed by atoms with Gasteiger partial charge in [0.25, 0.3) is 11.8 Å². The normalized spacial score (nSPS) is 13.7. The molecule has 0 aliphatic carbocycles. The van der Waals surface area contributed by atoms with Crippen molar-refractivity contribution in [1.29, 1.82) is 0 Å². The zero-order chi connectivity index (χ0) is 25.8. The Labute approximate surface area is 211 Å². The Kier molecular flexibility index (Phi) is 7.55. The number of likely N-dealkylation sites (N-methyl/N-ethyl adjacent to an activating group) is 1. The van der Waals surface area contributed by atoms with E-state index in [1.807, 2.05) is 50.3 Å². The molecule has 3 aromatic rings. The third-order valence-electron chi connectivity index (χ3n) is 6.69. The second-order valence-electron chi connectivity index (χ2n) is 8.75. The number of ether oxygens (including phenoxy) is 1. The highest BCUT2D eigenvalue weighted by Gasteiger charge is 2.28. The topological polar surface area (TPSA) is 99.4 Å². The molecule has 0 saturated carbocycles. The van der Waals surface area contributed by atoms with Crippen LogP contribution >= 0.6 is 0 Å². The molecule has 0 bridgehead atoms. The molecule has 188 valence electrons. The van der Waals surface area contributed by atoms with Gasteiger partial charge in [-0.3, -0.25) is 9.59 Å². The summed E-state index contributed by atoms with van der Waals surface area (Å²) in [5.41, 5.74) is 6.62. The number of hydrogen-bond acceptors (Lipinski definition) is 5. The van der Waals surface area contributed by atoms with Crippen LogP contribution in [0.5, 0.6) is 5.88 Å². The first-order valence-electron chi connectivity index (χ1n) is 12.2. The van der Waals surface area contributed by atoms with Gasteiger partial charge in [0, 0.05) is 47.4 Å². The Morgan fingerprint density at radius 1 is 1.11 bits per heavy atom. The van der Waals surface area contributed by atoms with Gasteiger partial charge in [-0.2, -0.15) is 0 Å². The molecule has 0 saturated heterocycles. The van der Waals surface area contributed by atoms with Crippen molar-refractivity contribution in [1.82, 2.24) is 20.2 Å². The number of nitrogens with one attached hydrogen (secondary N) is 3. The minimum atomic E-state index is -0.197. The molecule has 0 radical (unpaired) electrons. The Morgan fingerprint density at radius 2 is 1.83 bits per heavy atom. The molecule has 0 spiro atoms. The number of fused-ring (bicyclic) bond motifs is 1. The molecule has 8 nitrogen and oxygen atoms in total. The number of amides is 2. The lowest BCUT2D eigenvalue weighted by atomic mass is 9.98. The van der Waals surface area contributed by atoms with Gasteiger partial charge in [-0.05, 0) is 50.7 Å². The number of hydrogen-bond donors (Lipinski definition) is 3. The summed E-state index contributed by atoms with van der Waals surface area (Å²) in [5, 5.41) is 6.04. The lowest BCUT2D eigenvalue weighted by molar-refractivity contribution is -0.110. The van der Waals surface area contributed by atoms with Gasteiger partial charge in [-0.25, -0.2) is 4.98 Å². The summed E-state index contributed by atoms with van der Waals surface area (Å²) in [7, 11) is 1.58. The van der Waals surface area contributed by atoms with Crippen LogP contribution in [0.25, 0.3) is 22.8 Å². The van der Waals surface area contributed by atoms with Gasteiger partial charge in [0.15, 0.2) is 0 Å². The Bertz CT molecular complexity index is 1320. The lowest BCUT2D eigenvalue weighted by Gasteiger charge is -2.18. The molecule has 8 heteroatoms. The van der Waals surface area contributed by atoms with E-state index in [0.29, 0.717) is 23.6 Å². The van der Waals surface area contributed by atoms with Crippen molar-refractivity contribution in [3.05, 3.63) is 64.6 Å². The van der Waals surface area contributed by atoms with E-state index in [1.54, 1.807) is 13.3 Å². The fraction of sp³-hybridized carbons (Fsp3) is 0.321. The van der Waals surface area contributed by atoms with E-state index in [0.717, 1.165) is 59.0 Å². The summed E-state index contributed by atoms with van der Waals surface area (Å²) in [6, 6.07) is 9.52. The number of carbonyl (C=O) groups is 2. The molecule has 3 heterocycles. The van der Waals surface area contributed by atoms with E-state index >= 15 is 0 Å². The predicted molar refractivity (Wildman–Crippen MR) is 143 cm³/mol. The van der Waals surface area contributed by atoms with Crippen LogP contribution in [0.15, 0.2) is 36.5 Å². The summed E-state index contributed by atoms with van der Waals surface area (Å²) in [5.74, 6) is 0.183. The van der Waals surface area contributed by atoms with Crippen LogP contribution in [0.3, 0.4) is 0 Å². The number of rotatable bonds is 9. The second-order valence-corrected chi connectivity index (χ2v) is 8.75. The number of pyridine rings is 1. The Balaban J connectivity index is 1.65. The van der Waals surface area contributed by atoms with E-state index < -0.39 is 0 Å². The number of anilines is 1. The molecule has 2 aromatic heterocycles. The molecular weight excluding hydrogens is 454 g/mol. The summed E-state index contributed by atoms with van der Waals surface area (Å²) in [6.07, 6.45) is 3.49. The summed E-state index contributed by atoms with van der Waals surface area (Å²) >= 11 is 0. The number of benzene rings is 1. The Hall–Kier alpha value is -3.91. The quantitative estimate of drug-likeness (QED) is 0.392. The van der Waals surface area contributed by atoms with Crippen LogP contribution in [0.1, 0.15) is 46.7 Å². The molecule has 4 rings (SSSR count). The van der Waals surface area contributed by atoms with Crippen LogP contribution in [0.2, 0.25) is 0 Å². The van der Waals surface area contributed by atoms with Crippen molar-refractivity contribution in [3.8, 4) is 17.0 Å². The molecule has 0 fully saturated rings. The number of aryl methyl sites for hydroxylation is 1. The molecular formula is C28H33N5O3. The smallest absolute Gasteiger partial charge is 0.256 e. The van der Waals surface area contributed by atoms with Gasteiger partial charge in [0.1, 0.15) is 0 Å². The molecule has 1 aliphatic heterocycles. The van der Waals surface area contributed by atoms with Crippen LogP contribution < -0.4 is 15.4 Å². The largest absolute Gasteiger partial charge is 0.481 e. The standard InChI is InChI=1S/C28H33N5O3/c1-6-33(7-2)15-14-29-27(35)24-17(3)23(31-18(24)4)16-22-20-11-8-10-19(25(20)32-26(22)34)21-12-9-13-30-28(21)36-5/h8-13,16,31H,6-7,14-15H2,1-5H3,(H,29,35)(H,32,34)/b22-16-. The van der Waals surface area contributed by atoms with Crippen molar-refractivity contribution in [2.24, 2.45) is 0 Å². The molecule has 2 amide bonds. The van der Waals surface area contributed by atoms with Gasteiger partial charge in [0.2, 0.25) is 5.88 Å². The molecule has 36 heavy (non-hydrogen) atoms. The van der Waals surface area contributed by atoms with Crippen molar-refractivity contribution in [3.63, 3.8) is 0 Å². The first-order chi connectivity index (χ1) is 17.4. The first kappa shape index (κ1) is 25.2. The Morgan fingerprint density at radius 3 is 2.56 bits per heavy atom. The average molecular weight is 488 g/mol. The maximum atomic E-state index is 13.0. The van der Waals surface area contributed by atoms with E-state index in [4.69, 9.17) is 4.74 Å². The zero-order valence-electron chi connectivity index (χ0n) is 21.5. The zero-order valence-corrected chi connectivity index (χ0v) is 21.5. The number of H-pyrrole nitrogens is 1. The van der Waals surface area contributed by atoms with Crippen molar-refractivity contribution < 1.29 is 14.3 Å². The molecule has 3 N–H and O–H groups in total. The highest BCUT2D eigenvalue weighted by Crippen LogP contribution is 2.42. The highest BCUT2D eigenvalue weighted by atomic mass is 16.5. The van der Waals surface area contributed by atoms with Crippen molar-refractivity contribution in [2.45, 2.75) is 27.7 Å². The average Bonchev–Trinajstić information content (AvgIpc) is 3.36. The van der Waals surface area contributed by atoms with Crippen LogP contribution in [0.4, 0.5) is 5.69 Å². The van der Waals surface area contributed by atoms with Gasteiger partial charge >= 0.3 is 0 Å². The number of aromatic nitrogens is 2. The van der Waals surface area contributed by atoms with Gasteiger partial charge in [-0.15, -0.1) is 0 Å². The third-order valence-corrected chi connectivity index (χ3v) is 6.69. The molecule has 0 unspecified atom stereocenters. The lowest BCUT2D eigenvalue weighted by Crippen LogP contribution is -2.35. The van der Waals surface area contributed by atoms with E-state index in [-0.39, 0.29) is 11.8 Å². The summed E-state index contributed by atoms with van der Waals surface area (Å²) in [4.78, 5) is 35.9. The van der Waals surface area contributed by atoms with E-state index in [1.165, 1.54) is 0 Å². The number of nitrogens with zero attached hydrogens (tertiary/aromatic N) is 2. The monoisotopic (exact) mass is 487 g/mol. The predicted octanol–water partition coefficient (Wildman–Crippen LogP) is 4.27. The SMILES string of the molecule is CCN(CC)CCNC(=O)c1c(C)[nH]c(/C=C2\C(=O)Nc3c2cccc3-c2cccnc2OC)c1C. The first-order valence-corrected chi connectivity index (χ1v) is 12.2. The second kappa shape index (κ2) is 10.8. The van der Waals surface area contributed by atoms with Gasteiger partial charge < -0.3 is 25.3 Å². The van der Waals surface area contributed by atoms with E-state index in [2.05, 4.69) is 39.3 Å². The van der Waals surface area contributed by atoms with Crippen LogP contribution in [0, 0.1) is 13.8 Å². The van der Waals surface area contributed by atoms with E-state index in [9.17, 15) is 9.59 Å². The summed E-state index contributed by atoms with van der Waals surface area (Å²) < 4.78 is 5.43. The fourth-order valence-corrected chi connectivity index (χ4v) is 4.70. The van der Waals surface area contributed by atoms with Crippen LogP contribution in [-0.2, 0) is 4.79 Å². The van der Waals surface area contributed by atoms with Crippen LogP contribution in [-0.4, -0.2) is 60.0 Å². The van der Waals surface area contributed by atoms with Crippen molar-refractivity contribution >= 4 is 29.2 Å². The number of methoxy groups -OCH3 is 1. The molecule has 0 atom stereocenters. The summed E-state index contributed by atoms with van der Waals surface area (Å²) in [6.45, 7) is 11.3. The maximum absolute atomic E-state index is 13.0. The number of aromatic amines is 1. The molecule has 1 aromatic carbocycles.